The molecule has 0 aromatic carbocycles. The molecule has 8 heteroatoms. The number of esters is 2. The fourth-order valence-electron chi connectivity index (χ4n) is 6.94. The molecular weight excluding hydrogens is 404 g/mol. The van der Waals surface area contributed by atoms with Crippen LogP contribution in [-0.4, -0.2) is 59.1 Å². The van der Waals surface area contributed by atoms with Crippen molar-refractivity contribution in [3.63, 3.8) is 0 Å². The van der Waals surface area contributed by atoms with Crippen LogP contribution in [0, 0.1) is 28.6 Å². The summed E-state index contributed by atoms with van der Waals surface area (Å²) in [6.07, 6.45) is 1.43. The lowest BCUT2D eigenvalue weighted by Crippen LogP contribution is -2.63. The number of Topliss-reactive ketones (excluding diaryl/α,β-unsaturated/α-hetero) is 2. The highest BCUT2D eigenvalue weighted by molar-refractivity contribution is 5.91. The average Bonchev–Trinajstić information content (AvgIpc) is 2.98. The summed E-state index contributed by atoms with van der Waals surface area (Å²) in [6.45, 7) is 4.37. The quantitative estimate of drug-likeness (QED) is 0.599. The van der Waals surface area contributed by atoms with Crippen molar-refractivity contribution >= 4 is 23.5 Å². The molecule has 0 amide bonds. The number of fused-ring (bicyclic) bond motifs is 3. The summed E-state index contributed by atoms with van der Waals surface area (Å²) in [4.78, 5) is 48.7. The molecule has 8 nitrogen and oxygen atoms in total. The minimum atomic E-state index is -1.69. The van der Waals surface area contributed by atoms with Gasteiger partial charge in [0.2, 0.25) is 5.78 Å². The Morgan fingerprint density at radius 2 is 1.87 bits per heavy atom. The van der Waals surface area contributed by atoms with Gasteiger partial charge in [-0.25, -0.2) is 0 Å². The van der Waals surface area contributed by atoms with Gasteiger partial charge in [-0.15, -0.1) is 0 Å². The van der Waals surface area contributed by atoms with Crippen LogP contribution in [0.1, 0.15) is 65.7 Å². The Labute approximate surface area is 182 Å². The minimum absolute atomic E-state index is 0.0412. The third kappa shape index (κ3) is 3.71. The van der Waals surface area contributed by atoms with E-state index in [1.165, 1.54) is 14.0 Å². The van der Waals surface area contributed by atoms with Crippen LogP contribution < -0.4 is 0 Å². The molecule has 174 valence electrons. The van der Waals surface area contributed by atoms with Gasteiger partial charge in [0.15, 0.2) is 6.61 Å². The second-order valence-corrected chi connectivity index (χ2v) is 10.0. The summed E-state index contributed by atoms with van der Waals surface area (Å²) in [5.41, 5.74) is -3.43. The number of hydrogen-bond donors (Lipinski definition) is 2. The van der Waals surface area contributed by atoms with Crippen LogP contribution >= 0.6 is 0 Å². The van der Waals surface area contributed by atoms with E-state index in [-0.39, 0.29) is 42.8 Å². The van der Waals surface area contributed by atoms with Crippen molar-refractivity contribution in [2.45, 2.75) is 77.4 Å². The van der Waals surface area contributed by atoms with E-state index in [2.05, 4.69) is 0 Å². The fourth-order valence-corrected chi connectivity index (χ4v) is 6.94. The van der Waals surface area contributed by atoms with Crippen molar-refractivity contribution in [2.24, 2.45) is 28.6 Å². The SMILES string of the molecule is COC(=O)CC[C@@]1(C)C(=O)CCC2[C@@H]1[C@@H](O)C[C@@]1(C)[C@H]2CC[C@]1(O)C(=O)COC(C)=O. The maximum absolute atomic E-state index is 13.0. The Balaban J connectivity index is 1.90. The highest BCUT2D eigenvalue weighted by Gasteiger charge is 2.68. The van der Waals surface area contributed by atoms with Gasteiger partial charge in [-0.05, 0) is 43.9 Å². The molecule has 0 heterocycles. The molecule has 0 bridgehead atoms. The topological polar surface area (TPSA) is 127 Å². The van der Waals surface area contributed by atoms with Crippen LogP contribution in [0.5, 0.6) is 0 Å². The molecule has 31 heavy (non-hydrogen) atoms. The van der Waals surface area contributed by atoms with E-state index in [0.717, 1.165) is 0 Å². The standard InChI is InChI=1S/C23H34O8/c1-13(24)31-12-18(27)23(29)10-7-15-14-5-6-17(26)21(2,9-8-19(28)30-4)20(14)16(25)11-22(15,23)3/h14-16,20,25,29H,5-12H2,1-4H3/t14?,15-,16-,20+,21-,22-,23-/m0/s1. The van der Waals surface area contributed by atoms with E-state index < -0.39 is 46.9 Å². The number of carbonyl (C=O) groups is 4. The molecule has 0 aromatic heterocycles. The van der Waals surface area contributed by atoms with Crippen LogP contribution in [0.15, 0.2) is 0 Å². The van der Waals surface area contributed by atoms with Crippen LogP contribution in [0.25, 0.3) is 0 Å². The Bertz CT molecular complexity index is 778. The summed E-state index contributed by atoms with van der Waals surface area (Å²) in [5, 5.41) is 22.7. The van der Waals surface area contributed by atoms with Crippen LogP contribution in [0.2, 0.25) is 0 Å². The first kappa shape index (κ1) is 23.9. The molecule has 2 N–H and O–H groups in total. The number of aliphatic hydroxyl groups excluding tert-OH is 1. The second kappa shape index (κ2) is 8.28. The maximum Gasteiger partial charge on any atom is 0.305 e. The van der Waals surface area contributed by atoms with Gasteiger partial charge in [0.05, 0.1) is 13.2 Å². The number of ketones is 2. The first-order valence-corrected chi connectivity index (χ1v) is 11.1. The molecule has 0 saturated heterocycles. The summed E-state index contributed by atoms with van der Waals surface area (Å²) in [6, 6.07) is 0. The van der Waals surface area contributed by atoms with Gasteiger partial charge in [-0.2, -0.15) is 0 Å². The summed E-state index contributed by atoms with van der Waals surface area (Å²) >= 11 is 0. The lowest BCUT2D eigenvalue weighted by atomic mass is 9.46. The van der Waals surface area contributed by atoms with Gasteiger partial charge in [0.1, 0.15) is 11.4 Å². The third-order valence-electron chi connectivity index (χ3n) is 8.63. The number of aliphatic hydroxyl groups is 2. The predicted octanol–water partition coefficient (Wildman–Crippen LogP) is 1.59. The number of methoxy groups -OCH3 is 1. The van der Waals surface area contributed by atoms with Gasteiger partial charge >= 0.3 is 11.9 Å². The molecule has 1 unspecified atom stereocenters. The first-order valence-electron chi connectivity index (χ1n) is 11.1. The van der Waals surface area contributed by atoms with E-state index in [1.807, 2.05) is 13.8 Å². The lowest BCUT2D eigenvalue weighted by Gasteiger charge is -2.58. The molecular formula is C23H34O8. The predicted molar refractivity (Wildman–Crippen MR) is 109 cm³/mol. The third-order valence-corrected chi connectivity index (χ3v) is 8.63. The first-order chi connectivity index (χ1) is 14.4. The van der Waals surface area contributed by atoms with Crippen LogP contribution in [-0.2, 0) is 28.7 Å². The molecule has 0 radical (unpaired) electrons. The highest BCUT2D eigenvalue weighted by Crippen LogP contribution is 2.65. The zero-order chi connectivity index (χ0) is 23.2. The summed E-state index contributed by atoms with van der Waals surface area (Å²) in [7, 11) is 1.31. The molecule has 3 saturated carbocycles. The van der Waals surface area contributed by atoms with E-state index in [9.17, 15) is 29.4 Å². The molecule has 0 spiro atoms. The molecule has 3 aliphatic carbocycles. The van der Waals surface area contributed by atoms with E-state index in [0.29, 0.717) is 25.7 Å². The monoisotopic (exact) mass is 438 g/mol. The van der Waals surface area contributed by atoms with Gasteiger partial charge in [-0.1, -0.05) is 13.8 Å². The van der Waals surface area contributed by atoms with E-state index in [1.54, 1.807) is 0 Å². The van der Waals surface area contributed by atoms with Crippen molar-refractivity contribution in [3.05, 3.63) is 0 Å². The maximum atomic E-state index is 13.0. The van der Waals surface area contributed by atoms with E-state index >= 15 is 0 Å². The molecule has 3 fully saturated rings. The molecule has 0 aliphatic heterocycles. The van der Waals surface area contributed by atoms with Gasteiger partial charge < -0.3 is 19.7 Å². The summed E-state index contributed by atoms with van der Waals surface area (Å²) in [5.74, 6) is -1.94. The molecule has 3 aliphatic rings. The van der Waals surface area contributed by atoms with Gasteiger partial charge in [0.25, 0.3) is 0 Å². The Kier molecular flexibility index (Phi) is 6.37. The van der Waals surface area contributed by atoms with E-state index in [4.69, 9.17) is 9.47 Å². The molecule has 7 atom stereocenters. The zero-order valence-corrected chi connectivity index (χ0v) is 18.8. The molecule has 0 aromatic rings. The smallest absolute Gasteiger partial charge is 0.305 e. The van der Waals surface area contributed by atoms with Gasteiger partial charge in [0, 0.05) is 36.5 Å². The fraction of sp³-hybridized carbons (Fsp3) is 0.826. The van der Waals surface area contributed by atoms with Crippen molar-refractivity contribution in [2.75, 3.05) is 13.7 Å². The van der Waals surface area contributed by atoms with Gasteiger partial charge in [-0.3, -0.25) is 19.2 Å². The zero-order valence-electron chi connectivity index (χ0n) is 18.8. The summed E-state index contributed by atoms with van der Waals surface area (Å²) < 4.78 is 9.60. The Morgan fingerprint density at radius 3 is 2.48 bits per heavy atom. The van der Waals surface area contributed by atoms with Crippen molar-refractivity contribution in [3.8, 4) is 0 Å². The van der Waals surface area contributed by atoms with Crippen LogP contribution in [0.4, 0.5) is 0 Å². The number of rotatable bonds is 6. The van der Waals surface area contributed by atoms with Crippen molar-refractivity contribution in [1.82, 2.24) is 0 Å². The Morgan fingerprint density at radius 1 is 1.19 bits per heavy atom. The lowest BCUT2D eigenvalue weighted by molar-refractivity contribution is -0.190. The van der Waals surface area contributed by atoms with Crippen molar-refractivity contribution in [1.29, 1.82) is 0 Å². The Hall–Kier alpha value is -1.80. The minimum Gasteiger partial charge on any atom is -0.469 e. The number of carbonyl (C=O) groups excluding carboxylic acids is 4. The number of hydrogen-bond acceptors (Lipinski definition) is 8. The second-order valence-electron chi connectivity index (χ2n) is 10.0. The normalized spacial score (nSPS) is 41.8. The average molecular weight is 439 g/mol. The number of ether oxygens (including phenoxy) is 2. The van der Waals surface area contributed by atoms with Crippen LogP contribution in [0.3, 0.4) is 0 Å². The van der Waals surface area contributed by atoms with Crippen molar-refractivity contribution < 1.29 is 38.9 Å². The molecule has 3 rings (SSSR count). The largest absolute Gasteiger partial charge is 0.469 e. The highest BCUT2D eigenvalue weighted by atomic mass is 16.5.